The molecule has 5 heterocycles. The third-order valence-electron chi connectivity index (χ3n) is 11.0. The number of amides is 4. The summed E-state index contributed by atoms with van der Waals surface area (Å²) >= 11 is 1.46. The van der Waals surface area contributed by atoms with Crippen LogP contribution in [0.15, 0.2) is 89.9 Å². The Labute approximate surface area is 339 Å². The molecular weight excluding hydrogens is 757 g/mol. The number of ether oxygens (including phenoxy) is 2. The second-order valence-corrected chi connectivity index (χ2v) is 15.4. The van der Waals surface area contributed by atoms with Gasteiger partial charge in [0.2, 0.25) is 5.91 Å². The number of methoxy groups -OCH3 is 2. The van der Waals surface area contributed by atoms with Gasteiger partial charge in [-0.3, -0.25) is 9.59 Å². The van der Waals surface area contributed by atoms with E-state index in [0.29, 0.717) is 18.9 Å². The van der Waals surface area contributed by atoms with Gasteiger partial charge in [0.25, 0.3) is 5.91 Å². The van der Waals surface area contributed by atoms with Gasteiger partial charge in [0.1, 0.15) is 23.7 Å². The van der Waals surface area contributed by atoms with Crippen molar-refractivity contribution in [1.82, 2.24) is 40.4 Å². The number of benzene rings is 3. The van der Waals surface area contributed by atoms with Crippen molar-refractivity contribution in [2.75, 3.05) is 27.3 Å². The van der Waals surface area contributed by atoms with Gasteiger partial charge >= 0.3 is 12.2 Å². The molecule has 3 aromatic carbocycles. The number of hydrogen-bond acceptors (Lipinski definition) is 9. The van der Waals surface area contributed by atoms with Gasteiger partial charge in [-0.2, -0.15) is 11.3 Å². The number of rotatable bonds is 10. The predicted molar refractivity (Wildman–Crippen MR) is 220 cm³/mol. The van der Waals surface area contributed by atoms with Crippen molar-refractivity contribution in [2.24, 2.45) is 0 Å². The third-order valence-corrected chi connectivity index (χ3v) is 11.7. The van der Waals surface area contributed by atoms with E-state index < -0.39 is 24.3 Å². The molecule has 0 radical (unpaired) electrons. The number of thiophene rings is 1. The maximum absolute atomic E-state index is 13.8. The molecule has 4 N–H and O–H groups in total. The van der Waals surface area contributed by atoms with Crippen LogP contribution in [-0.4, -0.2) is 87.1 Å². The van der Waals surface area contributed by atoms with Crippen LogP contribution >= 0.6 is 11.3 Å². The summed E-state index contributed by atoms with van der Waals surface area (Å²) < 4.78 is 9.47. The van der Waals surface area contributed by atoms with Crippen LogP contribution in [0.25, 0.3) is 44.4 Å². The van der Waals surface area contributed by atoms with Crippen LogP contribution in [0.4, 0.5) is 9.59 Å². The van der Waals surface area contributed by atoms with Gasteiger partial charge in [0.05, 0.1) is 50.1 Å². The molecule has 4 atom stereocenters. The molecule has 15 heteroatoms. The second-order valence-electron chi connectivity index (χ2n) is 14.6. The lowest BCUT2D eigenvalue weighted by molar-refractivity contribution is -0.135. The average Bonchev–Trinajstić information content (AvgIpc) is 4.11. The fourth-order valence-corrected chi connectivity index (χ4v) is 8.67. The molecule has 3 aromatic heterocycles. The van der Waals surface area contributed by atoms with E-state index in [-0.39, 0.29) is 23.9 Å². The fraction of sp³-hybridized carbons (Fsp3) is 0.302. The minimum atomic E-state index is -0.842. The molecule has 298 valence electrons. The molecule has 0 spiro atoms. The molecule has 14 nitrogen and oxygen atoms in total. The Balaban J connectivity index is 0.939. The fourth-order valence-electron chi connectivity index (χ4n) is 7.99. The first-order chi connectivity index (χ1) is 28.2. The van der Waals surface area contributed by atoms with E-state index in [1.54, 1.807) is 22.9 Å². The summed E-state index contributed by atoms with van der Waals surface area (Å²) in [6.07, 6.45) is 5.54. The Hall–Kier alpha value is -6.48. The molecule has 2 saturated heterocycles. The summed E-state index contributed by atoms with van der Waals surface area (Å²) in [5, 5.41) is 11.2. The molecule has 2 aliphatic rings. The molecule has 58 heavy (non-hydrogen) atoms. The van der Waals surface area contributed by atoms with E-state index in [1.165, 1.54) is 25.6 Å². The third kappa shape index (κ3) is 7.77. The van der Waals surface area contributed by atoms with Crippen molar-refractivity contribution < 1.29 is 28.7 Å². The molecular formula is C43H44N8O6S. The van der Waals surface area contributed by atoms with Gasteiger partial charge in [-0.1, -0.05) is 48.5 Å². The lowest BCUT2D eigenvalue weighted by Gasteiger charge is -2.28. The van der Waals surface area contributed by atoms with E-state index >= 15 is 0 Å². The summed E-state index contributed by atoms with van der Waals surface area (Å²) in [5.74, 6) is 1.07. The first-order valence-corrected chi connectivity index (χ1v) is 20.2. The first kappa shape index (κ1) is 38.4. The molecule has 8 rings (SSSR count). The smallest absolute Gasteiger partial charge is 0.407 e. The van der Waals surface area contributed by atoms with Crippen LogP contribution in [0.3, 0.4) is 0 Å². The number of alkyl carbamates (subject to hydrolysis) is 2. The maximum Gasteiger partial charge on any atom is 0.407 e. The van der Waals surface area contributed by atoms with E-state index in [4.69, 9.17) is 9.72 Å². The highest BCUT2D eigenvalue weighted by Crippen LogP contribution is 2.36. The van der Waals surface area contributed by atoms with E-state index in [0.717, 1.165) is 81.5 Å². The first-order valence-electron chi connectivity index (χ1n) is 19.3. The van der Waals surface area contributed by atoms with Gasteiger partial charge in [-0.25, -0.2) is 19.6 Å². The van der Waals surface area contributed by atoms with E-state index in [2.05, 4.69) is 91.0 Å². The zero-order valence-corrected chi connectivity index (χ0v) is 33.2. The van der Waals surface area contributed by atoms with Crippen molar-refractivity contribution in [1.29, 1.82) is 0 Å². The number of aromatic amines is 2. The number of nitrogens with zero attached hydrogens (tertiary/aromatic N) is 4. The molecule has 0 aliphatic carbocycles. The zero-order chi connectivity index (χ0) is 40.3. The van der Waals surface area contributed by atoms with Crippen molar-refractivity contribution in [3.63, 3.8) is 0 Å². The number of aromatic nitrogens is 4. The van der Waals surface area contributed by atoms with Crippen LogP contribution in [0, 0.1) is 0 Å². The zero-order valence-electron chi connectivity index (χ0n) is 32.4. The average molecular weight is 801 g/mol. The summed E-state index contributed by atoms with van der Waals surface area (Å²) in [5.41, 5.74) is 6.57. The van der Waals surface area contributed by atoms with Gasteiger partial charge < -0.3 is 39.9 Å². The highest BCUT2D eigenvalue weighted by molar-refractivity contribution is 7.08. The Morgan fingerprint density at radius 1 is 0.707 bits per heavy atom. The van der Waals surface area contributed by atoms with Crippen LogP contribution in [0.5, 0.6) is 0 Å². The summed E-state index contributed by atoms with van der Waals surface area (Å²) in [4.78, 5) is 70.6. The highest BCUT2D eigenvalue weighted by atomic mass is 32.1. The molecule has 0 bridgehead atoms. The van der Waals surface area contributed by atoms with Crippen LogP contribution < -0.4 is 10.6 Å². The highest BCUT2D eigenvalue weighted by Gasteiger charge is 2.38. The molecule has 0 saturated carbocycles. The predicted octanol–water partition coefficient (Wildman–Crippen LogP) is 7.52. The van der Waals surface area contributed by atoms with Crippen molar-refractivity contribution in [2.45, 2.75) is 56.8 Å². The Kier molecular flexibility index (Phi) is 11.0. The number of carbonyl (C=O) groups excluding carboxylic acids is 4. The van der Waals surface area contributed by atoms with Crippen molar-refractivity contribution in [3.8, 4) is 33.6 Å². The number of imidazole rings is 2. The van der Waals surface area contributed by atoms with Crippen LogP contribution in [0.2, 0.25) is 0 Å². The number of carbonyl (C=O) groups is 4. The topological polar surface area (TPSA) is 175 Å². The van der Waals surface area contributed by atoms with E-state index in [9.17, 15) is 19.2 Å². The van der Waals surface area contributed by atoms with Gasteiger partial charge in [0.15, 0.2) is 0 Å². The Bertz CT molecular complexity index is 2440. The standard InChI is InChI=1S/C43H44N8O6S/c1-25(46-42(54)56-2)40(52)50-17-4-6-35(50)38-45-23-34(48-38)31-15-14-29-20-28(12-13-30(29)21-31)26-8-10-27(11-9-26)33-22-44-39(47-33)36-7-5-18-51(36)41(53)37(49-43(55)57-3)32-16-19-58-24-32/h8-16,19-25,35-37H,4-7,17-18H2,1-3H3,(H,44,47)(H,45,48)(H,46,54)(H,49,55)/t25-,35-,36-,37+/m0/s1. The Morgan fingerprint density at radius 2 is 1.24 bits per heavy atom. The van der Waals surface area contributed by atoms with Crippen LogP contribution in [-0.2, 0) is 19.1 Å². The number of nitrogens with one attached hydrogen (secondary N) is 4. The molecule has 6 aromatic rings. The molecule has 0 unspecified atom stereocenters. The SMILES string of the molecule is COC(=O)N[C@@H](C)C(=O)N1CCC[C@H]1c1ncc(-c2ccc3cc(-c4ccc(-c5cnc([C@@H]6CCCN6C(=O)[C@H](NC(=O)OC)c6ccsc6)[nH]5)cc4)ccc3c2)[nH]1. The normalized spacial score (nSPS) is 17.6. The minimum Gasteiger partial charge on any atom is -0.453 e. The minimum absolute atomic E-state index is 0.171. The number of fused-ring (bicyclic) bond motifs is 1. The quantitative estimate of drug-likeness (QED) is 0.110. The van der Waals surface area contributed by atoms with Crippen molar-refractivity contribution >= 4 is 46.1 Å². The monoisotopic (exact) mass is 800 g/mol. The largest absolute Gasteiger partial charge is 0.453 e. The van der Waals surface area contributed by atoms with Gasteiger partial charge in [-0.05, 0) is 94.6 Å². The molecule has 2 fully saturated rings. The molecule has 4 amide bonds. The Morgan fingerprint density at radius 3 is 1.84 bits per heavy atom. The number of likely N-dealkylation sites (tertiary alicyclic amines) is 2. The van der Waals surface area contributed by atoms with E-state index in [1.807, 2.05) is 23.0 Å². The maximum atomic E-state index is 13.8. The van der Waals surface area contributed by atoms with Crippen LogP contribution in [0.1, 0.15) is 67.9 Å². The van der Waals surface area contributed by atoms with Gasteiger partial charge in [0, 0.05) is 18.7 Å². The number of hydrogen-bond donors (Lipinski definition) is 4. The number of H-pyrrole nitrogens is 2. The second kappa shape index (κ2) is 16.5. The lowest BCUT2D eigenvalue weighted by Crippen LogP contribution is -2.46. The van der Waals surface area contributed by atoms with Crippen molar-refractivity contribution in [3.05, 3.63) is 107 Å². The molecule has 2 aliphatic heterocycles. The summed E-state index contributed by atoms with van der Waals surface area (Å²) in [7, 11) is 2.56. The lowest BCUT2D eigenvalue weighted by atomic mass is 9.98. The summed E-state index contributed by atoms with van der Waals surface area (Å²) in [6, 6.07) is 20.9. The van der Waals surface area contributed by atoms with Gasteiger partial charge in [-0.15, -0.1) is 0 Å². The summed E-state index contributed by atoms with van der Waals surface area (Å²) in [6.45, 7) is 2.82.